The van der Waals surface area contributed by atoms with Crippen molar-refractivity contribution in [2.24, 2.45) is 7.05 Å². The summed E-state index contributed by atoms with van der Waals surface area (Å²) in [4.78, 5) is 9.21. The molecule has 0 radical (unpaired) electrons. The first-order valence-corrected chi connectivity index (χ1v) is 6.52. The number of nitrogens with zero attached hydrogens (tertiary/aromatic N) is 4. The van der Waals surface area contributed by atoms with Crippen LogP contribution < -0.4 is 5.32 Å². The first kappa shape index (κ1) is 13.5. The highest BCUT2D eigenvalue weighted by Crippen LogP contribution is 2.25. The van der Waals surface area contributed by atoms with E-state index in [9.17, 15) is 0 Å². The van der Waals surface area contributed by atoms with Gasteiger partial charge in [-0.05, 0) is 6.92 Å². The van der Waals surface area contributed by atoms with E-state index in [1.807, 2.05) is 19.3 Å². The van der Waals surface area contributed by atoms with E-state index in [0.29, 0.717) is 0 Å². The minimum Gasteiger partial charge on any atom is -0.370 e. The quantitative estimate of drug-likeness (QED) is 0.920. The SMILES string of the molecule is CCNc1cc(C(C)(C)C)nc(-c2cnn(C)c2)n1. The molecule has 5 nitrogen and oxygen atoms in total. The van der Waals surface area contributed by atoms with Gasteiger partial charge in [0, 0.05) is 31.3 Å². The van der Waals surface area contributed by atoms with Crippen molar-refractivity contribution in [3.05, 3.63) is 24.2 Å². The summed E-state index contributed by atoms with van der Waals surface area (Å²) in [5.74, 6) is 1.58. The Kier molecular flexibility index (Phi) is 3.55. The number of hydrogen-bond donors (Lipinski definition) is 1. The number of aromatic nitrogens is 4. The highest BCUT2D eigenvalue weighted by molar-refractivity contribution is 5.56. The molecule has 0 amide bonds. The van der Waals surface area contributed by atoms with Crippen molar-refractivity contribution in [2.45, 2.75) is 33.1 Å². The second kappa shape index (κ2) is 4.99. The van der Waals surface area contributed by atoms with Gasteiger partial charge < -0.3 is 5.32 Å². The fourth-order valence-electron chi connectivity index (χ4n) is 1.77. The van der Waals surface area contributed by atoms with Crippen molar-refractivity contribution < 1.29 is 0 Å². The van der Waals surface area contributed by atoms with Crippen molar-refractivity contribution in [1.29, 1.82) is 0 Å². The Morgan fingerprint density at radius 2 is 2.00 bits per heavy atom. The molecule has 0 aliphatic carbocycles. The zero-order chi connectivity index (χ0) is 14.0. The fourth-order valence-corrected chi connectivity index (χ4v) is 1.77. The lowest BCUT2D eigenvalue weighted by molar-refractivity contribution is 0.568. The minimum atomic E-state index is -0.00985. The van der Waals surface area contributed by atoms with Gasteiger partial charge in [-0.2, -0.15) is 5.10 Å². The van der Waals surface area contributed by atoms with Crippen LogP contribution in [0.4, 0.5) is 5.82 Å². The Labute approximate surface area is 114 Å². The topological polar surface area (TPSA) is 55.6 Å². The minimum absolute atomic E-state index is 0.00985. The standard InChI is InChI=1S/C14H21N5/c1-6-15-12-7-11(14(2,3)4)17-13(18-12)10-8-16-19(5)9-10/h7-9H,6H2,1-5H3,(H,15,17,18). The summed E-state index contributed by atoms with van der Waals surface area (Å²) in [5, 5.41) is 7.44. The summed E-state index contributed by atoms with van der Waals surface area (Å²) in [6.07, 6.45) is 3.72. The van der Waals surface area contributed by atoms with Crippen LogP contribution in [-0.2, 0) is 12.5 Å². The average Bonchev–Trinajstić information content (AvgIpc) is 2.75. The maximum atomic E-state index is 4.67. The molecule has 0 spiro atoms. The van der Waals surface area contributed by atoms with Gasteiger partial charge in [-0.15, -0.1) is 0 Å². The number of rotatable bonds is 3. The summed E-state index contributed by atoms with van der Waals surface area (Å²) < 4.78 is 1.76. The van der Waals surface area contributed by atoms with Crippen molar-refractivity contribution in [1.82, 2.24) is 19.7 Å². The lowest BCUT2D eigenvalue weighted by Crippen LogP contribution is -2.15. The molecule has 102 valence electrons. The summed E-state index contributed by atoms with van der Waals surface area (Å²) in [5.41, 5.74) is 1.95. The van der Waals surface area contributed by atoms with Crippen molar-refractivity contribution >= 4 is 5.82 Å². The van der Waals surface area contributed by atoms with Crippen molar-refractivity contribution in [3.63, 3.8) is 0 Å². The van der Waals surface area contributed by atoms with E-state index in [1.165, 1.54) is 0 Å². The molecule has 0 fully saturated rings. The number of anilines is 1. The molecule has 2 heterocycles. The molecule has 0 aliphatic rings. The first-order valence-electron chi connectivity index (χ1n) is 6.52. The third-order valence-corrected chi connectivity index (χ3v) is 2.82. The first-order chi connectivity index (χ1) is 8.90. The highest BCUT2D eigenvalue weighted by atomic mass is 15.2. The van der Waals surface area contributed by atoms with E-state index in [0.717, 1.165) is 29.4 Å². The van der Waals surface area contributed by atoms with Gasteiger partial charge in [-0.1, -0.05) is 20.8 Å². The van der Waals surface area contributed by atoms with Gasteiger partial charge in [0.2, 0.25) is 0 Å². The second-order valence-corrected chi connectivity index (χ2v) is 5.65. The third-order valence-electron chi connectivity index (χ3n) is 2.82. The maximum Gasteiger partial charge on any atom is 0.164 e. The van der Waals surface area contributed by atoms with Crippen LogP contribution in [0.2, 0.25) is 0 Å². The van der Waals surface area contributed by atoms with Gasteiger partial charge in [0.15, 0.2) is 5.82 Å². The van der Waals surface area contributed by atoms with E-state index in [4.69, 9.17) is 0 Å². The molecule has 2 rings (SSSR count). The van der Waals surface area contributed by atoms with Gasteiger partial charge in [0.05, 0.1) is 17.5 Å². The van der Waals surface area contributed by atoms with Crippen molar-refractivity contribution in [3.8, 4) is 11.4 Å². The molecule has 1 N–H and O–H groups in total. The van der Waals surface area contributed by atoms with E-state index < -0.39 is 0 Å². The molecule has 0 unspecified atom stereocenters. The predicted octanol–water partition coefficient (Wildman–Crippen LogP) is 2.61. The van der Waals surface area contributed by atoms with Crippen molar-refractivity contribution in [2.75, 3.05) is 11.9 Å². The fraction of sp³-hybridized carbons (Fsp3) is 0.500. The molecule has 0 aromatic carbocycles. The Balaban J connectivity index is 2.51. The van der Waals surface area contributed by atoms with E-state index in [1.54, 1.807) is 10.9 Å². The summed E-state index contributed by atoms with van der Waals surface area (Å²) >= 11 is 0. The molecule has 2 aromatic heterocycles. The molecule has 5 heteroatoms. The van der Waals surface area contributed by atoms with Crippen LogP contribution in [-0.4, -0.2) is 26.3 Å². The van der Waals surface area contributed by atoms with Gasteiger partial charge in [-0.3, -0.25) is 4.68 Å². The summed E-state index contributed by atoms with van der Waals surface area (Å²) in [6, 6.07) is 2.02. The Hall–Kier alpha value is -1.91. The Morgan fingerprint density at radius 3 is 2.53 bits per heavy atom. The van der Waals surface area contributed by atoms with Gasteiger partial charge >= 0.3 is 0 Å². The summed E-state index contributed by atoms with van der Waals surface area (Å²) in [7, 11) is 1.89. The maximum absolute atomic E-state index is 4.67. The van der Waals surface area contributed by atoms with E-state index in [2.05, 4.69) is 48.1 Å². The van der Waals surface area contributed by atoms with Gasteiger partial charge in [-0.25, -0.2) is 9.97 Å². The van der Waals surface area contributed by atoms with Crippen LogP contribution in [0, 0.1) is 0 Å². The largest absolute Gasteiger partial charge is 0.370 e. The number of hydrogen-bond acceptors (Lipinski definition) is 4. The zero-order valence-electron chi connectivity index (χ0n) is 12.2. The van der Waals surface area contributed by atoms with Crippen LogP contribution in [0.1, 0.15) is 33.4 Å². The van der Waals surface area contributed by atoms with Gasteiger partial charge in [0.25, 0.3) is 0 Å². The molecule has 0 bridgehead atoms. The van der Waals surface area contributed by atoms with Crippen LogP contribution in [0.5, 0.6) is 0 Å². The third kappa shape index (κ3) is 3.10. The average molecular weight is 259 g/mol. The predicted molar refractivity (Wildman–Crippen MR) is 77.1 cm³/mol. The molecule has 0 saturated carbocycles. The smallest absolute Gasteiger partial charge is 0.164 e. The monoisotopic (exact) mass is 259 g/mol. The second-order valence-electron chi connectivity index (χ2n) is 5.65. The number of nitrogens with one attached hydrogen (secondary N) is 1. The molecule has 0 aliphatic heterocycles. The van der Waals surface area contributed by atoms with Gasteiger partial charge in [0.1, 0.15) is 5.82 Å². The van der Waals surface area contributed by atoms with E-state index >= 15 is 0 Å². The normalized spacial score (nSPS) is 11.6. The Bertz CT molecular complexity index is 565. The lowest BCUT2D eigenvalue weighted by atomic mass is 9.92. The molecular weight excluding hydrogens is 238 g/mol. The molecule has 0 atom stereocenters. The lowest BCUT2D eigenvalue weighted by Gasteiger charge is -2.19. The summed E-state index contributed by atoms with van der Waals surface area (Å²) in [6.45, 7) is 9.35. The van der Waals surface area contributed by atoms with Crippen LogP contribution >= 0.6 is 0 Å². The molecule has 0 saturated heterocycles. The number of aryl methyl sites for hydroxylation is 1. The van der Waals surface area contributed by atoms with Crippen LogP contribution in [0.3, 0.4) is 0 Å². The Morgan fingerprint density at radius 1 is 1.26 bits per heavy atom. The van der Waals surface area contributed by atoms with E-state index in [-0.39, 0.29) is 5.41 Å². The van der Waals surface area contributed by atoms with Crippen LogP contribution in [0.25, 0.3) is 11.4 Å². The molecular formula is C14H21N5. The zero-order valence-corrected chi connectivity index (χ0v) is 12.2. The molecule has 2 aromatic rings. The van der Waals surface area contributed by atoms with Crippen LogP contribution in [0.15, 0.2) is 18.5 Å². The molecule has 19 heavy (non-hydrogen) atoms. The highest BCUT2D eigenvalue weighted by Gasteiger charge is 2.18.